The van der Waals surface area contributed by atoms with Crippen molar-refractivity contribution < 1.29 is 44.3 Å². The molecule has 4 radical (unpaired) electrons. The topological polar surface area (TPSA) is 0 Å². The predicted octanol–water partition coefficient (Wildman–Crippen LogP) is -5.91. The summed E-state index contributed by atoms with van der Waals surface area (Å²) in [5, 5.41) is 0. The quantitative estimate of drug-likeness (QED) is 0.300. The molecule has 0 aromatic carbocycles. The minimum absolute atomic E-state index is 0. The van der Waals surface area contributed by atoms with Gasteiger partial charge in [0.15, 0.2) is 0 Å². The van der Waals surface area contributed by atoms with Crippen LogP contribution in [0.25, 0.3) is 0 Å². The van der Waals surface area contributed by atoms with Gasteiger partial charge in [0.25, 0.3) is 0 Å². The van der Waals surface area contributed by atoms with E-state index in [1.807, 2.05) is 0 Å². The van der Waals surface area contributed by atoms with Crippen molar-refractivity contribution in [3.63, 3.8) is 0 Å². The molecule has 0 aliphatic heterocycles. The molecule has 0 aromatic heterocycles. The Bertz CT molecular complexity index is 6.00. The SMILES string of the molecule is [C].[Cl-].[Cl-].[Zn+2]. The first-order chi connectivity index (χ1) is 0. The Hall–Kier alpha value is 1.20. The predicted molar refractivity (Wildman–Crippen MR) is 3.24 cm³/mol. The summed E-state index contributed by atoms with van der Waals surface area (Å²) < 4.78 is 0. The first kappa shape index (κ1) is 63.5. The van der Waals surface area contributed by atoms with Crippen LogP contribution in [0.5, 0.6) is 0 Å². The molecule has 3 heteroatoms. The Morgan fingerprint density at radius 2 is 0.750 bits per heavy atom. The molecule has 4 heavy (non-hydrogen) atoms. The minimum Gasteiger partial charge on any atom is -1.00 e. The zero-order valence-electron chi connectivity index (χ0n) is 1.96. The standard InChI is InChI=1S/C.2ClH.Zn/h;2*1H;/q;;;+2/p-2. The summed E-state index contributed by atoms with van der Waals surface area (Å²) in [5.74, 6) is 0. The van der Waals surface area contributed by atoms with Crippen LogP contribution in [0.2, 0.25) is 0 Å². The van der Waals surface area contributed by atoms with E-state index in [9.17, 15) is 0 Å². The van der Waals surface area contributed by atoms with Crippen molar-refractivity contribution in [2.45, 2.75) is 0 Å². The molecule has 0 heterocycles. The van der Waals surface area contributed by atoms with E-state index < -0.39 is 0 Å². The average Bonchev–Trinajstić information content (AvgIpc) is 0. The van der Waals surface area contributed by atoms with Gasteiger partial charge in [-0.25, -0.2) is 0 Å². The second-order valence-corrected chi connectivity index (χ2v) is 0. The number of hydrogen-bond acceptors (Lipinski definition) is 0. The third kappa shape index (κ3) is 10.7. The van der Waals surface area contributed by atoms with Gasteiger partial charge in [0, 0.05) is 7.43 Å². The van der Waals surface area contributed by atoms with Gasteiger partial charge in [-0.15, -0.1) is 0 Å². The number of hydrogen-bond donors (Lipinski definition) is 0. The van der Waals surface area contributed by atoms with Crippen LogP contribution in [0.15, 0.2) is 0 Å². The van der Waals surface area contributed by atoms with E-state index in [-0.39, 0.29) is 51.7 Å². The van der Waals surface area contributed by atoms with Gasteiger partial charge in [0.1, 0.15) is 0 Å². The summed E-state index contributed by atoms with van der Waals surface area (Å²) in [6.45, 7) is 0. The third-order valence-corrected chi connectivity index (χ3v) is 0. The van der Waals surface area contributed by atoms with E-state index in [4.69, 9.17) is 0 Å². The van der Waals surface area contributed by atoms with Gasteiger partial charge in [0.2, 0.25) is 0 Å². The van der Waals surface area contributed by atoms with Crippen molar-refractivity contribution in [2.24, 2.45) is 0 Å². The van der Waals surface area contributed by atoms with Crippen LogP contribution >= 0.6 is 0 Å². The zero-order chi connectivity index (χ0) is 0. The Balaban J connectivity index is 0. The fourth-order valence-corrected chi connectivity index (χ4v) is 0. The van der Waals surface area contributed by atoms with E-state index in [0.29, 0.717) is 0 Å². The Morgan fingerprint density at radius 3 is 0.750 bits per heavy atom. The molecule has 0 fully saturated rings. The van der Waals surface area contributed by atoms with E-state index in [2.05, 4.69) is 0 Å². The minimum atomic E-state index is 0. The molecule has 0 aliphatic carbocycles. The summed E-state index contributed by atoms with van der Waals surface area (Å²) >= 11 is 0. The molecule has 0 atom stereocenters. The van der Waals surface area contributed by atoms with Gasteiger partial charge >= 0.3 is 19.5 Å². The van der Waals surface area contributed by atoms with Crippen molar-refractivity contribution in [3.05, 3.63) is 7.43 Å². The summed E-state index contributed by atoms with van der Waals surface area (Å²) in [5.41, 5.74) is 0. The van der Waals surface area contributed by atoms with Crippen LogP contribution in [-0.4, -0.2) is 0 Å². The van der Waals surface area contributed by atoms with Crippen molar-refractivity contribution in [3.8, 4) is 0 Å². The van der Waals surface area contributed by atoms with Crippen molar-refractivity contribution in [1.82, 2.24) is 0 Å². The molecule has 0 aliphatic rings. The van der Waals surface area contributed by atoms with Crippen LogP contribution in [0.4, 0.5) is 0 Å². The van der Waals surface area contributed by atoms with E-state index in [1.165, 1.54) is 0 Å². The van der Waals surface area contributed by atoms with Gasteiger partial charge < -0.3 is 24.8 Å². The molecule has 0 rings (SSSR count). The molecule has 0 saturated heterocycles. The molecule has 0 amide bonds. The first-order valence-electron chi connectivity index (χ1n) is 0. The van der Waals surface area contributed by atoms with Crippen LogP contribution in [-0.2, 0) is 19.5 Å². The van der Waals surface area contributed by atoms with Crippen molar-refractivity contribution in [1.29, 1.82) is 0 Å². The maximum absolute atomic E-state index is 0. The monoisotopic (exact) mass is 146 g/mol. The molecule has 0 spiro atoms. The van der Waals surface area contributed by atoms with Crippen molar-refractivity contribution >= 4 is 0 Å². The molecule has 0 unspecified atom stereocenters. The number of halogens is 2. The van der Waals surface area contributed by atoms with Gasteiger partial charge in [-0.3, -0.25) is 0 Å². The average molecular weight is 148 g/mol. The maximum Gasteiger partial charge on any atom is 2.00 e. The van der Waals surface area contributed by atoms with E-state index in [0.717, 1.165) is 0 Å². The largest absolute Gasteiger partial charge is 2.00 e. The Labute approximate surface area is 51.9 Å². The molecule has 0 nitrogen and oxygen atoms in total. The van der Waals surface area contributed by atoms with Gasteiger partial charge in [0.05, 0.1) is 0 Å². The van der Waals surface area contributed by atoms with Crippen LogP contribution < -0.4 is 24.8 Å². The number of rotatable bonds is 0. The summed E-state index contributed by atoms with van der Waals surface area (Å²) in [4.78, 5) is 0. The normalized spacial score (nSPS) is 0. The summed E-state index contributed by atoms with van der Waals surface area (Å²) in [6.07, 6.45) is 0. The summed E-state index contributed by atoms with van der Waals surface area (Å²) in [6, 6.07) is 0. The van der Waals surface area contributed by atoms with E-state index in [1.54, 1.807) is 0 Å². The smallest absolute Gasteiger partial charge is 1.00 e. The second-order valence-electron chi connectivity index (χ2n) is 0. The molecule has 0 N–H and O–H groups in total. The fourth-order valence-electron chi connectivity index (χ4n) is 0. The van der Waals surface area contributed by atoms with Crippen LogP contribution in [0.3, 0.4) is 0 Å². The van der Waals surface area contributed by atoms with Crippen LogP contribution in [0.1, 0.15) is 0 Å². The molecule has 0 aromatic rings. The third-order valence-electron chi connectivity index (χ3n) is 0. The van der Waals surface area contributed by atoms with Gasteiger partial charge in [-0.1, -0.05) is 0 Å². The van der Waals surface area contributed by atoms with Crippen molar-refractivity contribution in [2.75, 3.05) is 0 Å². The Morgan fingerprint density at radius 1 is 0.750 bits per heavy atom. The molecular formula is CCl2Zn. The zero-order valence-corrected chi connectivity index (χ0v) is 6.44. The first-order valence-corrected chi connectivity index (χ1v) is 0. The van der Waals surface area contributed by atoms with E-state index >= 15 is 0 Å². The van der Waals surface area contributed by atoms with Crippen LogP contribution in [0, 0.1) is 7.43 Å². The van der Waals surface area contributed by atoms with Gasteiger partial charge in [-0.2, -0.15) is 0 Å². The fraction of sp³-hybridized carbons (Fsp3) is 0. The molecule has 0 bridgehead atoms. The summed E-state index contributed by atoms with van der Waals surface area (Å²) in [7, 11) is 0. The Kier molecular flexibility index (Phi) is 473. The molecular weight excluding hydrogens is 148 g/mol. The molecule has 20 valence electrons. The maximum atomic E-state index is 0. The second kappa shape index (κ2) is 29.8. The molecule has 0 saturated carbocycles. The van der Waals surface area contributed by atoms with Gasteiger partial charge in [-0.05, 0) is 0 Å².